The summed E-state index contributed by atoms with van der Waals surface area (Å²) in [6.45, 7) is 16.2. The Morgan fingerprint density at radius 2 is 1.54 bits per heavy atom. The highest BCUT2D eigenvalue weighted by Gasteiger charge is 2.53. The number of hydrogen-bond acceptors (Lipinski definition) is 16. The highest BCUT2D eigenvalue weighted by molar-refractivity contribution is 6.39. The number of cyclic esters (lactones) is 1. The van der Waals surface area contributed by atoms with Gasteiger partial charge >= 0.3 is 11.7 Å². The van der Waals surface area contributed by atoms with Crippen molar-refractivity contribution >= 4 is 62.1 Å². The van der Waals surface area contributed by atoms with Gasteiger partial charge in [0.15, 0.2) is 5.78 Å². The van der Waals surface area contributed by atoms with Crippen LogP contribution in [0.15, 0.2) is 138 Å². The molecule has 10 rings (SSSR count). The lowest BCUT2D eigenvalue weighted by Gasteiger charge is -2.43. The van der Waals surface area contributed by atoms with Crippen LogP contribution < -0.4 is 5.69 Å². The molecule has 3 fully saturated rings. The predicted molar refractivity (Wildman–Crippen MR) is 376 cm³/mol. The summed E-state index contributed by atoms with van der Waals surface area (Å²) in [5.41, 5.74) is 5.18. The first-order valence-electron chi connectivity index (χ1n) is 34.8. The standard InChI is InChI=1S/C79H96N6O13/c1-46-19-13-12-14-20-47(2)64(85-65-44-82-62-32-26-54(56-39-55-21-15-16-22-61(55)81-43-56)40-60(62)70(65)84(77(85)93)58-29-27-57(28-30-58)78(8,9)45-80)41-59-31-24-52(7)79(94,98-59)74(90)75(91)83-34-18-17-23-63(83)76(92)97-68(49(4)37-53-25-33-66(86)69(38-53)95-10)42-67(87)48(3)36-51(6)72(89)73(96-11)71(88)50(5)35-46/h12-16,19-22,26-30,32,36,39-40,43-44,46,48-50,52-53,59,63-64,66,68-69,72-73,86,89,94H,17-18,23-25,31,33-35,37-38,41-42H2,1-11H3/b14-12+,19-13+,47-20-,51-36+/t46-,48-,49?,50-,52-,53-,59+,63?,64-,66-,68+,69-,72-,73+,79-/m1/s1. The average molecular weight is 1340 g/mol. The molecule has 6 heterocycles. The van der Waals surface area contributed by atoms with Gasteiger partial charge in [0.05, 0.1) is 69.8 Å². The fraction of sp³-hybridized carbons (Fsp3) is 0.506. The summed E-state index contributed by atoms with van der Waals surface area (Å²) in [5.74, 6) is -9.15. The molecule has 98 heavy (non-hydrogen) atoms. The number of nitrogens with zero attached hydrogens (tertiary/aromatic N) is 6. The molecule has 1 aliphatic carbocycles. The summed E-state index contributed by atoms with van der Waals surface area (Å²) in [5, 5.41) is 47.0. The molecule has 19 heteroatoms. The van der Waals surface area contributed by atoms with Gasteiger partial charge in [0, 0.05) is 67.5 Å². The van der Waals surface area contributed by atoms with Crippen LogP contribution in [0, 0.1) is 46.8 Å². The number of para-hydroxylation sites is 1. The van der Waals surface area contributed by atoms with Gasteiger partial charge in [0.2, 0.25) is 5.79 Å². The zero-order valence-corrected chi connectivity index (χ0v) is 58.4. The number of fused-ring (bicyclic) bond motifs is 7. The minimum Gasteiger partial charge on any atom is -0.460 e. The van der Waals surface area contributed by atoms with Crippen LogP contribution >= 0.6 is 0 Å². The summed E-state index contributed by atoms with van der Waals surface area (Å²) in [7, 11) is 2.92. The first-order chi connectivity index (χ1) is 46.8. The number of ketones is 3. The molecule has 0 spiro atoms. The molecule has 3 aromatic heterocycles. The number of ether oxygens (including phenoxy) is 4. The summed E-state index contributed by atoms with van der Waals surface area (Å²) >= 11 is 0. The smallest absolute Gasteiger partial charge is 0.334 e. The predicted octanol–water partition coefficient (Wildman–Crippen LogP) is 12.1. The van der Waals surface area contributed by atoms with E-state index in [0.717, 1.165) is 27.6 Å². The van der Waals surface area contributed by atoms with Crippen molar-refractivity contribution in [2.45, 2.75) is 199 Å². The highest BCUT2D eigenvalue weighted by atomic mass is 16.6. The van der Waals surface area contributed by atoms with Crippen molar-refractivity contribution in [3.63, 3.8) is 0 Å². The van der Waals surface area contributed by atoms with E-state index in [9.17, 15) is 35.0 Å². The zero-order valence-electron chi connectivity index (χ0n) is 58.4. The molecule has 4 aliphatic rings. The third-order valence-corrected chi connectivity index (χ3v) is 21.3. The molecule has 19 nitrogen and oxygen atoms in total. The lowest BCUT2D eigenvalue weighted by Crippen LogP contribution is -2.60. The Labute approximate surface area is 574 Å². The van der Waals surface area contributed by atoms with Crippen LogP contribution in [0.1, 0.15) is 151 Å². The Bertz CT molecular complexity index is 4180. The molecular formula is C79H96N6O13. The lowest BCUT2D eigenvalue weighted by atomic mass is 9.78. The van der Waals surface area contributed by atoms with Crippen molar-refractivity contribution in [2.75, 3.05) is 20.8 Å². The Morgan fingerprint density at radius 1 is 0.796 bits per heavy atom. The number of carbonyl (C=O) groups is 5. The van der Waals surface area contributed by atoms with Gasteiger partial charge in [-0.05, 0) is 169 Å². The first kappa shape index (κ1) is 72.6. The molecule has 3 aromatic carbocycles. The number of methoxy groups -OCH3 is 2. The highest BCUT2D eigenvalue weighted by Crippen LogP contribution is 2.41. The number of hydrogen-bond donors (Lipinski definition) is 3. The van der Waals surface area contributed by atoms with Crippen molar-refractivity contribution < 1.29 is 58.2 Å². The summed E-state index contributed by atoms with van der Waals surface area (Å²) < 4.78 is 27.7. The van der Waals surface area contributed by atoms with Gasteiger partial charge in [-0.15, -0.1) is 0 Å². The quantitative estimate of drug-likeness (QED) is 0.0690. The van der Waals surface area contributed by atoms with Gasteiger partial charge in [0.1, 0.15) is 30.1 Å². The molecule has 3 N–H and O–H groups in total. The number of aliphatic hydroxyl groups excluding tert-OH is 2. The van der Waals surface area contributed by atoms with Crippen molar-refractivity contribution in [2.24, 2.45) is 35.5 Å². The van der Waals surface area contributed by atoms with Crippen LogP contribution in [0.3, 0.4) is 0 Å². The topological polar surface area (TPSA) is 263 Å². The molecule has 0 radical (unpaired) electrons. The monoisotopic (exact) mass is 1340 g/mol. The number of piperidine rings is 1. The number of benzene rings is 3. The van der Waals surface area contributed by atoms with E-state index in [1.807, 2.05) is 138 Å². The second kappa shape index (κ2) is 31.0. The van der Waals surface area contributed by atoms with Crippen LogP contribution in [0.4, 0.5) is 0 Å². The molecule has 520 valence electrons. The number of carbonyl (C=O) groups excluding carboxylic acids is 5. The number of nitriles is 1. The van der Waals surface area contributed by atoms with Crippen LogP contribution in [-0.2, 0) is 48.3 Å². The summed E-state index contributed by atoms with van der Waals surface area (Å²) in [6.07, 6.45) is 13.1. The average Bonchev–Trinajstić information content (AvgIpc) is 1.57. The van der Waals surface area contributed by atoms with E-state index in [-0.39, 0.29) is 55.6 Å². The number of allylic oxidation sites excluding steroid dienone is 7. The Morgan fingerprint density at radius 3 is 2.28 bits per heavy atom. The summed E-state index contributed by atoms with van der Waals surface area (Å²) in [4.78, 5) is 101. The first-order valence-corrected chi connectivity index (χ1v) is 34.8. The molecule has 3 aliphatic heterocycles. The van der Waals surface area contributed by atoms with E-state index < -0.39 is 107 Å². The number of imidazole rings is 1. The molecule has 2 bridgehead atoms. The van der Waals surface area contributed by atoms with Crippen molar-refractivity contribution in [1.29, 1.82) is 5.26 Å². The van der Waals surface area contributed by atoms with Gasteiger partial charge in [-0.25, -0.2) is 9.59 Å². The molecular weight excluding hydrogens is 1240 g/mol. The molecule has 1 amide bonds. The fourth-order valence-corrected chi connectivity index (χ4v) is 15.1. The zero-order chi connectivity index (χ0) is 70.5. The van der Waals surface area contributed by atoms with E-state index in [4.69, 9.17) is 28.9 Å². The minimum absolute atomic E-state index is 0.00377. The molecule has 1 saturated carbocycles. The van der Waals surface area contributed by atoms with E-state index >= 15 is 14.4 Å². The van der Waals surface area contributed by atoms with Crippen molar-refractivity contribution in [3.05, 3.63) is 149 Å². The Hall–Kier alpha value is -8.09. The number of Topliss-reactive ketones (excluding diaryl/α,β-unsaturated/α-hetero) is 3. The number of rotatable bonds is 9. The van der Waals surface area contributed by atoms with Crippen LogP contribution in [0.5, 0.6) is 0 Å². The maximum absolute atomic E-state index is 16.1. The molecule has 2 saturated heterocycles. The van der Waals surface area contributed by atoms with E-state index in [2.05, 4.69) is 12.1 Å². The third-order valence-electron chi connectivity index (χ3n) is 21.3. The van der Waals surface area contributed by atoms with Crippen LogP contribution in [0.2, 0.25) is 0 Å². The largest absolute Gasteiger partial charge is 0.460 e. The maximum atomic E-state index is 16.1. The van der Waals surface area contributed by atoms with Gasteiger partial charge in [-0.2, -0.15) is 5.26 Å². The maximum Gasteiger partial charge on any atom is 0.334 e. The SMILES string of the molecule is CO[C@@H]1C[C@@H](CC(C)[C@@H]2CC(=O)[C@H](C)/C=C(\C)[C@@H](O)[C@@H](OC)C(=O)[C@H](C)C[C@H](C)/C=C/C=C/C=C(/C)[C@H](n3c(=O)n(-c4ccc(C(C)(C)C#N)cc4)c4c5cc(-c6cnc7ccccc7c6)ccc5ncc43)C[C@@H]3CC[C@@H](C)[C@@](O)(O3)C(=O)C(=O)N3CCCCC3C(=O)O2)CC[C@H]1O. The second-order valence-electron chi connectivity index (χ2n) is 28.8. The molecule has 6 aromatic rings. The van der Waals surface area contributed by atoms with Crippen molar-refractivity contribution in [3.8, 4) is 22.9 Å². The third kappa shape index (κ3) is 15.5. The van der Waals surface area contributed by atoms with E-state index in [0.29, 0.717) is 90.1 Å². The van der Waals surface area contributed by atoms with Crippen LogP contribution in [0.25, 0.3) is 49.7 Å². The summed E-state index contributed by atoms with van der Waals surface area (Å²) in [6, 6.07) is 23.5. The van der Waals surface area contributed by atoms with Gasteiger partial charge in [-0.3, -0.25) is 38.3 Å². The fourth-order valence-electron chi connectivity index (χ4n) is 15.1. The van der Waals surface area contributed by atoms with Gasteiger partial charge < -0.3 is 39.2 Å². The van der Waals surface area contributed by atoms with Gasteiger partial charge in [-0.1, -0.05) is 113 Å². The van der Waals surface area contributed by atoms with Crippen molar-refractivity contribution in [1.82, 2.24) is 24.0 Å². The van der Waals surface area contributed by atoms with E-state index in [1.54, 1.807) is 56.2 Å². The normalized spacial score (nSPS) is 31.0. The Kier molecular flexibility index (Phi) is 23.0. The molecule has 2 unspecified atom stereocenters. The lowest BCUT2D eigenvalue weighted by molar-refractivity contribution is -0.264. The second-order valence-corrected chi connectivity index (χ2v) is 28.8. The number of aliphatic hydroxyl groups is 3. The van der Waals surface area contributed by atoms with Crippen LogP contribution in [-0.4, -0.2) is 138 Å². The van der Waals surface area contributed by atoms with Gasteiger partial charge in [0.25, 0.3) is 11.7 Å². The molecule has 15 atom stereocenters. The number of esters is 1. The number of aromatic nitrogens is 4. The number of amides is 1. The van der Waals surface area contributed by atoms with E-state index in [1.165, 1.54) is 12.0 Å². The minimum atomic E-state index is -2.67. The number of pyridine rings is 2. The Balaban J connectivity index is 1.07.